The molecule has 0 saturated heterocycles. The molecule has 0 aliphatic heterocycles. The standard InChI is InChI=1S/C12H19NO2/c1-8-5-10(7-9(2)13)12(15-4)11(6-8)14-3/h5-6,9H,7,13H2,1-4H3. The molecule has 1 unspecified atom stereocenters. The van der Waals surface area contributed by atoms with Gasteiger partial charge in [0.2, 0.25) is 0 Å². The maximum atomic E-state index is 5.79. The molecule has 0 amide bonds. The average molecular weight is 209 g/mol. The topological polar surface area (TPSA) is 44.5 Å². The molecule has 3 nitrogen and oxygen atoms in total. The fourth-order valence-electron chi connectivity index (χ4n) is 1.69. The first-order valence-corrected chi connectivity index (χ1v) is 5.05. The van der Waals surface area contributed by atoms with Crippen molar-refractivity contribution in [3.63, 3.8) is 0 Å². The van der Waals surface area contributed by atoms with Gasteiger partial charge in [0.1, 0.15) is 0 Å². The van der Waals surface area contributed by atoms with Crippen molar-refractivity contribution in [2.75, 3.05) is 14.2 Å². The van der Waals surface area contributed by atoms with E-state index in [1.54, 1.807) is 14.2 Å². The van der Waals surface area contributed by atoms with Gasteiger partial charge in [-0.15, -0.1) is 0 Å². The molecule has 0 radical (unpaired) electrons. The van der Waals surface area contributed by atoms with Gasteiger partial charge >= 0.3 is 0 Å². The number of methoxy groups -OCH3 is 2. The Kier molecular flexibility index (Phi) is 3.97. The van der Waals surface area contributed by atoms with Crippen LogP contribution in [0, 0.1) is 6.92 Å². The summed E-state index contributed by atoms with van der Waals surface area (Å²) < 4.78 is 10.6. The number of ether oxygens (including phenoxy) is 2. The van der Waals surface area contributed by atoms with Crippen LogP contribution in [-0.2, 0) is 6.42 Å². The van der Waals surface area contributed by atoms with Crippen molar-refractivity contribution in [1.29, 1.82) is 0 Å². The average Bonchev–Trinajstić information content (AvgIpc) is 2.15. The minimum atomic E-state index is 0.116. The van der Waals surface area contributed by atoms with E-state index in [2.05, 4.69) is 6.07 Å². The highest BCUT2D eigenvalue weighted by molar-refractivity contribution is 5.49. The van der Waals surface area contributed by atoms with Crippen molar-refractivity contribution in [2.45, 2.75) is 26.3 Å². The Hall–Kier alpha value is -1.22. The van der Waals surface area contributed by atoms with Crippen LogP contribution in [0.15, 0.2) is 12.1 Å². The van der Waals surface area contributed by atoms with E-state index in [0.29, 0.717) is 0 Å². The van der Waals surface area contributed by atoms with E-state index in [-0.39, 0.29) is 6.04 Å². The molecule has 0 aliphatic carbocycles. The van der Waals surface area contributed by atoms with Crippen LogP contribution in [-0.4, -0.2) is 20.3 Å². The van der Waals surface area contributed by atoms with Crippen molar-refractivity contribution in [2.24, 2.45) is 5.73 Å². The molecule has 3 heteroatoms. The second kappa shape index (κ2) is 5.03. The van der Waals surface area contributed by atoms with Gasteiger partial charge in [0.05, 0.1) is 14.2 Å². The second-order valence-electron chi connectivity index (χ2n) is 3.84. The first-order chi connectivity index (χ1) is 7.08. The molecule has 1 atom stereocenters. The quantitative estimate of drug-likeness (QED) is 0.823. The van der Waals surface area contributed by atoms with Crippen molar-refractivity contribution in [1.82, 2.24) is 0 Å². The third-order valence-electron chi connectivity index (χ3n) is 2.24. The van der Waals surface area contributed by atoms with Gasteiger partial charge in [-0.25, -0.2) is 0 Å². The number of hydrogen-bond acceptors (Lipinski definition) is 3. The molecule has 0 heterocycles. The van der Waals surface area contributed by atoms with Crippen LogP contribution in [0.1, 0.15) is 18.1 Å². The summed E-state index contributed by atoms with van der Waals surface area (Å²) in [6.45, 7) is 4.01. The summed E-state index contributed by atoms with van der Waals surface area (Å²) >= 11 is 0. The maximum absolute atomic E-state index is 5.79. The van der Waals surface area contributed by atoms with E-state index < -0.39 is 0 Å². The lowest BCUT2D eigenvalue weighted by Gasteiger charge is -2.15. The van der Waals surface area contributed by atoms with Crippen LogP contribution in [0.25, 0.3) is 0 Å². The zero-order chi connectivity index (χ0) is 11.4. The predicted molar refractivity (Wildman–Crippen MR) is 61.6 cm³/mol. The van der Waals surface area contributed by atoms with Gasteiger partial charge in [-0.3, -0.25) is 0 Å². The van der Waals surface area contributed by atoms with Gasteiger partial charge < -0.3 is 15.2 Å². The second-order valence-corrected chi connectivity index (χ2v) is 3.84. The Bertz CT molecular complexity index is 335. The molecule has 15 heavy (non-hydrogen) atoms. The zero-order valence-corrected chi connectivity index (χ0v) is 9.83. The lowest BCUT2D eigenvalue weighted by Crippen LogP contribution is -2.18. The molecule has 1 aromatic rings. The van der Waals surface area contributed by atoms with E-state index in [1.165, 1.54) is 0 Å². The van der Waals surface area contributed by atoms with Crippen molar-refractivity contribution in [3.05, 3.63) is 23.3 Å². The fraction of sp³-hybridized carbons (Fsp3) is 0.500. The largest absolute Gasteiger partial charge is 0.493 e. The Balaban J connectivity index is 3.16. The highest BCUT2D eigenvalue weighted by atomic mass is 16.5. The summed E-state index contributed by atoms with van der Waals surface area (Å²) in [6.07, 6.45) is 0.793. The molecule has 2 N–H and O–H groups in total. The predicted octanol–water partition coefficient (Wildman–Crippen LogP) is 1.90. The minimum Gasteiger partial charge on any atom is -0.493 e. The van der Waals surface area contributed by atoms with Gasteiger partial charge in [0.15, 0.2) is 11.5 Å². The summed E-state index contributed by atoms with van der Waals surface area (Å²) in [5.74, 6) is 1.56. The molecule has 0 aliphatic rings. The number of benzene rings is 1. The minimum absolute atomic E-state index is 0.116. The monoisotopic (exact) mass is 209 g/mol. The summed E-state index contributed by atoms with van der Waals surface area (Å²) in [7, 11) is 3.30. The molecule has 1 rings (SSSR count). The van der Waals surface area contributed by atoms with Crippen molar-refractivity contribution >= 4 is 0 Å². The van der Waals surface area contributed by atoms with Crippen LogP contribution >= 0.6 is 0 Å². The Morgan fingerprint density at radius 1 is 1.27 bits per heavy atom. The Morgan fingerprint density at radius 2 is 1.93 bits per heavy atom. The Labute approximate surface area is 91.2 Å². The molecule has 0 aromatic heterocycles. The number of rotatable bonds is 4. The Morgan fingerprint density at radius 3 is 2.40 bits per heavy atom. The van der Waals surface area contributed by atoms with E-state index in [1.807, 2.05) is 19.9 Å². The normalized spacial score (nSPS) is 12.3. The van der Waals surface area contributed by atoms with Crippen LogP contribution in [0.4, 0.5) is 0 Å². The summed E-state index contributed by atoms with van der Waals surface area (Å²) in [4.78, 5) is 0. The van der Waals surface area contributed by atoms with Crippen LogP contribution in [0.5, 0.6) is 11.5 Å². The molecule has 0 spiro atoms. The fourth-order valence-corrected chi connectivity index (χ4v) is 1.69. The summed E-state index contributed by atoms with van der Waals surface area (Å²) in [6, 6.07) is 4.17. The van der Waals surface area contributed by atoms with Crippen LogP contribution in [0.2, 0.25) is 0 Å². The van der Waals surface area contributed by atoms with Gasteiger partial charge in [0.25, 0.3) is 0 Å². The molecule has 0 fully saturated rings. The smallest absolute Gasteiger partial charge is 0.163 e. The summed E-state index contributed by atoms with van der Waals surface area (Å²) in [5, 5.41) is 0. The van der Waals surface area contributed by atoms with Gasteiger partial charge in [0, 0.05) is 6.04 Å². The van der Waals surface area contributed by atoms with Gasteiger partial charge in [-0.1, -0.05) is 6.07 Å². The first-order valence-electron chi connectivity index (χ1n) is 5.05. The highest BCUT2D eigenvalue weighted by Gasteiger charge is 2.12. The molecule has 0 saturated carbocycles. The highest BCUT2D eigenvalue weighted by Crippen LogP contribution is 2.32. The van der Waals surface area contributed by atoms with E-state index in [0.717, 1.165) is 29.0 Å². The molecule has 84 valence electrons. The van der Waals surface area contributed by atoms with Crippen LogP contribution < -0.4 is 15.2 Å². The van der Waals surface area contributed by atoms with Crippen molar-refractivity contribution < 1.29 is 9.47 Å². The third kappa shape index (κ3) is 2.86. The number of nitrogens with two attached hydrogens (primary N) is 1. The summed E-state index contributed by atoms with van der Waals surface area (Å²) in [5.41, 5.74) is 8.05. The zero-order valence-electron chi connectivity index (χ0n) is 9.83. The van der Waals surface area contributed by atoms with Crippen LogP contribution in [0.3, 0.4) is 0 Å². The third-order valence-corrected chi connectivity index (χ3v) is 2.24. The van der Waals surface area contributed by atoms with E-state index in [9.17, 15) is 0 Å². The van der Waals surface area contributed by atoms with Gasteiger partial charge in [-0.05, 0) is 37.5 Å². The van der Waals surface area contributed by atoms with Crippen molar-refractivity contribution in [3.8, 4) is 11.5 Å². The molecule has 1 aromatic carbocycles. The van der Waals surface area contributed by atoms with Gasteiger partial charge in [-0.2, -0.15) is 0 Å². The lowest BCUT2D eigenvalue weighted by molar-refractivity contribution is 0.350. The van der Waals surface area contributed by atoms with E-state index in [4.69, 9.17) is 15.2 Å². The first kappa shape index (κ1) is 11.9. The molecular weight excluding hydrogens is 190 g/mol. The lowest BCUT2D eigenvalue weighted by atomic mass is 10.0. The maximum Gasteiger partial charge on any atom is 0.163 e. The SMILES string of the molecule is COc1cc(C)cc(CC(C)N)c1OC. The number of aryl methyl sites for hydroxylation is 1. The number of hydrogen-bond donors (Lipinski definition) is 1. The molecule has 0 bridgehead atoms. The molecular formula is C12H19NO2. The van der Waals surface area contributed by atoms with E-state index >= 15 is 0 Å².